The highest BCUT2D eigenvalue weighted by Gasteiger charge is 2.16. The molecule has 0 unspecified atom stereocenters. The lowest BCUT2D eigenvalue weighted by molar-refractivity contribution is 0.112. The number of piperidine rings is 1. The van der Waals surface area contributed by atoms with E-state index in [1.54, 1.807) is 7.11 Å². The first-order valence-corrected chi connectivity index (χ1v) is 9.29. The maximum Gasteiger partial charge on any atom is 0.150 e. The summed E-state index contributed by atoms with van der Waals surface area (Å²) in [5.74, 6) is 0.722. The molecule has 2 aromatic rings. The van der Waals surface area contributed by atoms with Gasteiger partial charge in [-0.2, -0.15) is 0 Å². The zero-order valence-corrected chi connectivity index (χ0v) is 15.4. The first kappa shape index (κ1) is 18.6. The molecule has 1 saturated heterocycles. The number of methoxy groups -OCH3 is 1. The normalized spacial score (nSPS) is 15.0. The van der Waals surface area contributed by atoms with Crippen molar-refractivity contribution in [2.45, 2.75) is 39.0 Å². The highest BCUT2D eigenvalue weighted by atomic mass is 16.5. The van der Waals surface area contributed by atoms with Crippen LogP contribution in [-0.4, -0.2) is 31.4 Å². The molecule has 26 heavy (non-hydrogen) atoms. The second kappa shape index (κ2) is 9.51. The van der Waals surface area contributed by atoms with Crippen molar-refractivity contribution in [3.8, 4) is 5.75 Å². The van der Waals surface area contributed by atoms with Gasteiger partial charge in [0, 0.05) is 24.8 Å². The zero-order chi connectivity index (χ0) is 18.2. The first-order valence-electron chi connectivity index (χ1n) is 9.29. The van der Waals surface area contributed by atoms with Crippen LogP contribution in [0.15, 0.2) is 42.5 Å². The Balaban J connectivity index is 1.80. The predicted octanol–water partition coefficient (Wildman–Crippen LogP) is 4.21. The molecule has 1 heterocycles. The number of carbonyl (C=O) groups is 1. The summed E-state index contributed by atoms with van der Waals surface area (Å²) in [5, 5.41) is 0. The minimum atomic E-state index is 0.469. The van der Waals surface area contributed by atoms with Crippen molar-refractivity contribution in [2.75, 3.05) is 20.2 Å². The summed E-state index contributed by atoms with van der Waals surface area (Å²) in [6.45, 7) is 3.95. The third-order valence-electron chi connectivity index (χ3n) is 4.83. The molecule has 2 aromatic carbocycles. The predicted molar refractivity (Wildman–Crippen MR) is 102 cm³/mol. The van der Waals surface area contributed by atoms with Crippen LogP contribution in [0.25, 0.3) is 0 Å². The number of hydrogen-bond acceptors (Lipinski definition) is 4. The second-order valence-electron chi connectivity index (χ2n) is 6.82. The number of nitrogens with zero attached hydrogens (tertiary/aromatic N) is 1. The lowest BCUT2D eigenvalue weighted by Crippen LogP contribution is -2.29. The first-order chi connectivity index (χ1) is 12.8. The molecule has 0 N–H and O–H groups in total. The number of aldehydes is 1. The van der Waals surface area contributed by atoms with Crippen molar-refractivity contribution in [2.24, 2.45) is 0 Å². The third-order valence-corrected chi connectivity index (χ3v) is 4.83. The summed E-state index contributed by atoms with van der Waals surface area (Å²) >= 11 is 0. The number of ether oxygens (including phenoxy) is 2. The van der Waals surface area contributed by atoms with E-state index in [2.05, 4.69) is 11.0 Å². The molecule has 0 aliphatic carbocycles. The summed E-state index contributed by atoms with van der Waals surface area (Å²) in [7, 11) is 1.68. The molecular formula is C22H27NO3. The van der Waals surface area contributed by atoms with Crippen LogP contribution in [0.5, 0.6) is 5.75 Å². The molecule has 0 aromatic heterocycles. The molecule has 1 aliphatic heterocycles. The van der Waals surface area contributed by atoms with Gasteiger partial charge in [-0.05, 0) is 49.2 Å². The van der Waals surface area contributed by atoms with Gasteiger partial charge in [-0.25, -0.2) is 0 Å². The summed E-state index contributed by atoms with van der Waals surface area (Å²) in [5.41, 5.74) is 3.85. The Bertz CT molecular complexity index is 709. The van der Waals surface area contributed by atoms with Crippen molar-refractivity contribution in [3.05, 3.63) is 64.7 Å². The van der Waals surface area contributed by atoms with Gasteiger partial charge in [-0.1, -0.05) is 36.8 Å². The SMILES string of the molecule is COCc1cc(CN2CCCCC2)c(C=O)cc1OCc1ccccc1. The average molecular weight is 353 g/mol. The van der Waals surface area contributed by atoms with Crippen molar-refractivity contribution < 1.29 is 14.3 Å². The molecule has 1 fully saturated rings. The maximum absolute atomic E-state index is 11.7. The molecule has 0 radical (unpaired) electrons. The van der Waals surface area contributed by atoms with E-state index in [1.165, 1.54) is 19.3 Å². The minimum Gasteiger partial charge on any atom is -0.489 e. The van der Waals surface area contributed by atoms with Crippen molar-refractivity contribution in [3.63, 3.8) is 0 Å². The Labute approximate surface area is 155 Å². The van der Waals surface area contributed by atoms with Gasteiger partial charge in [0.2, 0.25) is 0 Å². The van der Waals surface area contributed by atoms with Gasteiger partial charge in [0.15, 0.2) is 6.29 Å². The van der Waals surface area contributed by atoms with Gasteiger partial charge < -0.3 is 9.47 Å². The molecule has 0 bridgehead atoms. The van der Waals surface area contributed by atoms with Crippen molar-refractivity contribution in [1.29, 1.82) is 0 Å². The Kier molecular flexibility index (Phi) is 6.81. The molecule has 4 heteroatoms. The van der Waals surface area contributed by atoms with E-state index in [-0.39, 0.29) is 0 Å². The summed E-state index contributed by atoms with van der Waals surface area (Å²) in [6.07, 6.45) is 4.71. The lowest BCUT2D eigenvalue weighted by Gasteiger charge is -2.27. The number of benzene rings is 2. The molecule has 0 atom stereocenters. The van der Waals surface area contributed by atoms with Crippen molar-refractivity contribution in [1.82, 2.24) is 4.90 Å². The Morgan fingerprint density at radius 3 is 2.46 bits per heavy atom. The van der Waals surface area contributed by atoms with Crippen LogP contribution in [-0.2, 0) is 24.5 Å². The van der Waals surface area contributed by atoms with Crippen LogP contribution >= 0.6 is 0 Å². The van der Waals surface area contributed by atoms with Gasteiger partial charge in [0.25, 0.3) is 0 Å². The van der Waals surface area contributed by atoms with Crippen LogP contribution in [0.3, 0.4) is 0 Å². The van der Waals surface area contributed by atoms with Crippen molar-refractivity contribution >= 4 is 6.29 Å². The van der Waals surface area contributed by atoms with Gasteiger partial charge >= 0.3 is 0 Å². The fourth-order valence-corrected chi connectivity index (χ4v) is 3.43. The van der Waals surface area contributed by atoms with Gasteiger partial charge in [-0.3, -0.25) is 9.69 Å². The largest absolute Gasteiger partial charge is 0.489 e. The molecule has 1 aliphatic rings. The monoisotopic (exact) mass is 353 g/mol. The van der Waals surface area contributed by atoms with Crippen LogP contribution in [0.4, 0.5) is 0 Å². The lowest BCUT2D eigenvalue weighted by atomic mass is 10.0. The molecule has 3 rings (SSSR count). The fraction of sp³-hybridized carbons (Fsp3) is 0.409. The summed E-state index contributed by atoms with van der Waals surface area (Å²) in [6, 6.07) is 14.0. The fourth-order valence-electron chi connectivity index (χ4n) is 3.43. The molecule has 4 nitrogen and oxygen atoms in total. The maximum atomic E-state index is 11.7. The van der Waals surface area contributed by atoms with Crippen LogP contribution in [0.1, 0.15) is 46.3 Å². The smallest absolute Gasteiger partial charge is 0.150 e. The standard InChI is InChI=1S/C22H27NO3/c1-25-17-21-12-19(14-23-10-6-3-7-11-23)20(15-24)13-22(21)26-16-18-8-4-2-5-9-18/h2,4-5,8-9,12-13,15H,3,6-7,10-11,14,16-17H2,1H3. The number of likely N-dealkylation sites (tertiary alicyclic amines) is 1. The van der Waals surface area contributed by atoms with Crippen LogP contribution in [0, 0.1) is 0 Å². The number of hydrogen-bond donors (Lipinski definition) is 0. The highest BCUT2D eigenvalue weighted by molar-refractivity contribution is 5.78. The molecule has 0 amide bonds. The van der Waals surface area contributed by atoms with E-state index in [1.807, 2.05) is 36.4 Å². The van der Waals surface area contributed by atoms with Gasteiger partial charge in [0.1, 0.15) is 12.4 Å². The minimum absolute atomic E-state index is 0.469. The van der Waals surface area contributed by atoms with Crippen LogP contribution in [0.2, 0.25) is 0 Å². The third kappa shape index (κ3) is 4.93. The number of carbonyl (C=O) groups excluding carboxylic acids is 1. The topological polar surface area (TPSA) is 38.8 Å². The Morgan fingerprint density at radius 2 is 1.77 bits per heavy atom. The van der Waals surface area contributed by atoms with E-state index in [4.69, 9.17) is 9.47 Å². The Morgan fingerprint density at radius 1 is 1.00 bits per heavy atom. The summed E-state index contributed by atoms with van der Waals surface area (Å²) in [4.78, 5) is 14.1. The second-order valence-corrected chi connectivity index (χ2v) is 6.82. The van der Waals surface area contributed by atoms with E-state index in [0.717, 1.165) is 48.4 Å². The zero-order valence-electron chi connectivity index (χ0n) is 15.4. The molecule has 138 valence electrons. The van der Waals surface area contributed by atoms with Gasteiger partial charge in [-0.15, -0.1) is 0 Å². The summed E-state index contributed by atoms with van der Waals surface area (Å²) < 4.78 is 11.4. The number of rotatable bonds is 8. The van der Waals surface area contributed by atoms with E-state index in [9.17, 15) is 4.79 Å². The molecular weight excluding hydrogens is 326 g/mol. The van der Waals surface area contributed by atoms with E-state index in [0.29, 0.717) is 18.8 Å². The van der Waals surface area contributed by atoms with E-state index >= 15 is 0 Å². The molecule has 0 saturated carbocycles. The average Bonchev–Trinajstić information content (AvgIpc) is 2.69. The highest BCUT2D eigenvalue weighted by Crippen LogP contribution is 2.27. The van der Waals surface area contributed by atoms with Crippen LogP contribution < -0.4 is 4.74 Å². The van der Waals surface area contributed by atoms with Gasteiger partial charge in [0.05, 0.1) is 6.61 Å². The van der Waals surface area contributed by atoms with E-state index < -0.39 is 0 Å². The molecule has 0 spiro atoms. The Hall–Kier alpha value is -2.17. The quantitative estimate of drug-likeness (QED) is 0.667.